The highest BCUT2D eigenvalue weighted by atomic mass is 16.5. The van der Waals surface area contributed by atoms with Crippen molar-refractivity contribution in [3.63, 3.8) is 0 Å². The minimum Gasteiger partial charge on any atom is -0.373 e. The highest BCUT2D eigenvalue weighted by Gasteiger charge is 2.32. The molecule has 2 N–H and O–H groups in total. The maximum atomic E-state index is 6.12. The van der Waals surface area contributed by atoms with E-state index in [2.05, 4.69) is 21.4 Å². The number of hydrogen-bond acceptors (Lipinski definition) is 4. The summed E-state index contributed by atoms with van der Waals surface area (Å²) in [4.78, 5) is 6.81. The lowest BCUT2D eigenvalue weighted by Gasteiger charge is -2.35. The average Bonchev–Trinajstić information content (AvgIpc) is 3.06. The van der Waals surface area contributed by atoms with E-state index in [1.807, 2.05) is 12.5 Å². The largest absolute Gasteiger partial charge is 0.373 e. The monoisotopic (exact) mass is 264 g/mol. The molecule has 5 nitrogen and oxygen atoms in total. The molecule has 2 fully saturated rings. The number of nitrogens with two attached hydrogens (primary N) is 1. The number of aromatic nitrogens is 2. The Bertz CT molecular complexity index is 419. The van der Waals surface area contributed by atoms with Crippen molar-refractivity contribution in [2.45, 2.75) is 50.9 Å². The zero-order valence-corrected chi connectivity index (χ0v) is 11.7. The molecule has 3 rings (SSSR count). The number of fused-ring (bicyclic) bond motifs is 1. The van der Waals surface area contributed by atoms with Gasteiger partial charge in [0.1, 0.15) is 0 Å². The topological polar surface area (TPSA) is 56.3 Å². The third-order valence-electron chi connectivity index (χ3n) is 4.43. The first-order valence-corrected chi connectivity index (χ1v) is 7.39. The summed E-state index contributed by atoms with van der Waals surface area (Å²) in [5.41, 5.74) is 7.24. The fourth-order valence-electron chi connectivity index (χ4n) is 3.22. The summed E-state index contributed by atoms with van der Waals surface area (Å²) in [6.45, 7) is 6.13. The van der Waals surface area contributed by atoms with Gasteiger partial charge in [0.05, 0.1) is 31.3 Å². The van der Waals surface area contributed by atoms with Gasteiger partial charge < -0.3 is 15.0 Å². The first-order chi connectivity index (χ1) is 9.28. The Morgan fingerprint density at radius 3 is 3.32 bits per heavy atom. The predicted octanol–water partition coefficient (Wildman–Crippen LogP) is 1.16. The molecule has 0 aromatic carbocycles. The van der Waals surface area contributed by atoms with Gasteiger partial charge in [-0.25, -0.2) is 4.98 Å². The summed E-state index contributed by atoms with van der Waals surface area (Å²) in [6, 6.07) is 0.738. The summed E-state index contributed by atoms with van der Waals surface area (Å²) in [5.74, 6) is 0. The standard InChI is InChI=1S/C14H24N4O/c1-2-13(15)14-6-16-10-18(14)8-12-7-17-5-3-4-11(17)9-19-12/h6,10-13H,2-5,7-9,15H2,1H3/t11?,12?,13-/m1/s1. The Kier molecular flexibility index (Phi) is 3.86. The van der Waals surface area contributed by atoms with Crippen molar-refractivity contribution in [3.8, 4) is 0 Å². The van der Waals surface area contributed by atoms with Crippen LogP contribution in [-0.2, 0) is 11.3 Å². The van der Waals surface area contributed by atoms with Crippen LogP contribution in [-0.4, -0.2) is 46.3 Å². The molecule has 0 saturated carbocycles. The number of rotatable bonds is 4. The van der Waals surface area contributed by atoms with E-state index in [0.29, 0.717) is 6.04 Å². The van der Waals surface area contributed by atoms with Crippen LogP contribution in [0.2, 0.25) is 0 Å². The highest BCUT2D eigenvalue weighted by molar-refractivity contribution is 5.04. The molecule has 0 spiro atoms. The molecule has 1 aromatic heterocycles. The van der Waals surface area contributed by atoms with Crippen LogP contribution in [0.3, 0.4) is 0 Å². The molecule has 0 amide bonds. The van der Waals surface area contributed by atoms with E-state index in [1.165, 1.54) is 19.4 Å². The van der Waals surface area contributed by atoms with Crippen molar-refractivity contribution >= 4 is 0 Å². The number of morpholine rings is 1. The van der Waals surface area contributed by atoms with Crippen LogP contribution in [0.4, 0.5) is 0 Å². The summed E-state index contributed by atoms with van der Waals surface area (Å²) in [7, 11) is 0. The minimum absolute atomic E-state index is 0.0747. The molecule has 19 heavy (non-hydrogen) atoms. The number of hydrogen-bond donors (Lipinski definition) is 1. The van der Waals surface area contributed by atoms with E-state index in [-0.39, 0.29) is 12.1 Å². The molecular weight excluding hydrogens is 240 g/mol. The van der Waals surface area contributed by atoms with Gasteiger partial charge in [-0.05, 0) is 25.8 Å². The van der Waals surface area contributed by atoms with Gasteiger partial charge in [0.25, 0.3) is 0 Å². The molecule has 2 saturated heterocycles. The highest BCUT2D eigenvalue weighted by Crippen LogP contribution is 2.24. The first kappa shape index (κ1) is 13.1. The van der Waals surface area contributed by atoms with Crippen LogP contribution in [0.5, 0.6) is 0 Å². The smallest absolute Gasteiger partial charge is 0.0949 e. The van der Waals surface area contributed by atoms with Crippen molar-refractivity contribution in [2.24, 2.45) is 5.73 Å². The quantitative estimate of drug-likeness (QED) is 0.886. The minimum atomic E-state index is 0.0747. The predicted molar refractivity (Wildman–Crippen MR) is 73.8 cm³/mol. The molecule has 106 valence electrons. The van der Waals surface area contributed by atoms with Gasteiger partial charge in [0.2, 0.25) is 0 Å². The zero-order valence-electron chi connectivity index (χ0n) is 11.7. The summed E-state index contributed by atoms with van der Waals surface area (Å²) in [5, 5.41) is 0. The van der Waals surface area contributed by atoms with Gasteiger partial charge in [-0.3, -0.25) is 4.90 Å². The Labute approximate surface area is 114 Å². The summed E-state index contributed by atoms with van der Waals surface area (Å²) >= 11 is 0. The van der Waals surface area contributed by atoms with E-state index in [0.717, 1.165) is 31.8 Å². The number of nitrogens with zero attached hydrogens (tertiary/aromatic N) is 3. The molecule has 2 aliphatic heterocycles. The third-order valence-corrected chi connectivity index (χ3v) is 4.43. The molecular formula is C14H24N4O. The fourth-order valence-corrected chi connectivity index (χ4v) is 3.22. The number of ether oxygens (including phenoxy) is 1. The van der Waals surface area contributed by atoms with Gasteiger partial charge in [-0.1, -0.05) is 6.92 Å². The second kappa shape index (κ2) is 5.61. The van der Waals surface area contributed by atoms with Crippen molar-refractivity contribution in [3.05, 3.63) is 18.2 Å². The van der Waals surface area contributed by atoms with Crippen LogP contribution in [0.25, 0.3) is 0 Å². The summed E-state index contributed by atoms with van der Waals surface area (Å²) in [6.07, 6.45) is 7.58. The van der Waals surface area contributed by atoms with Gasteiger partial charge >= 0.3 is 0 Å². The molecule has 2 unspecified atom stereocenters. The van der Waals surface area contributed by atoms with Crippen LogP contribution < -0.4 is 5.73 Å². The Balaban J connectivity index is 1.64. The molecule has 1 aromatic rings. The van der Waals surface area contributed by atoms with E-state index in [4.69, 9.17) is 10.5 Å². The maximum absolute atomic E-state index is 6.12. The van der Waals surface area contributed by atoms with Crippen LogP contribution >= 0.6 is 0 Å². The molecule has 3 heterocycles. The Morgan fingerprint density at radius 1 is 1.58 bits per heavy atom. The molecule has 0 aliphatic carbocycles. The maximum Gasteiger partial charge on any atom is 0.0949 e. The molecule has 5 heteroatoms. The van der Waals surface area contributed by atoms with E-state index in [9.17, 15) is 0 Å². The molecule has 0 bridgehead atoms. The molecule has 3 atom stereocenters. The fraction of sp³-hybridized carbons (Fsp3) is 0.786. The van der Waals surface area contributed by atoms with Gasteiger partial charge in [0, 0.05) is 24.8 Å². The second-order valence-corrected chi connectivity index (χ2v) is 5.73. The lowest BCUT2D eigenvalue weighted by molar-refractivity contribution is -0.0555. The average molecular weight is 264 g/mol. The van der Waals surface area contributed by atoms with E-state index < -0.39 is 0 Å². The molecule has 0 radical (unpaired) electrons. The lowest BCUT2D eigenvalue weighted by Crippen LogP contribution is -2.47. The SMILES string of the molecule is CC[C@@H](N)c1cncn1CC1CN2CCCC2CO1. The van der Waals surface area contributed by atoms with Gasteiger partial charge in [-0.15, -0.1) is 0 Å². The van der Waals surface area contributed by atoms with Crippen LogP contribution in [0.1, 0.15) is 37.9 Å². The first-order valence-electron chi connectivity index (χ1n) is 7.39. The Hall–Kier alpha value is -0.910. The number of imidazole rings is 1. The van der Waals surface area contributed by atoms with Crippen LogP contribution in [0.15, 0.2) is 12.5 Å². The van der Waals surface area contributed by atoms with Gasteiger partial charge in [0.15, 0.2) is 0 Å². The van der Waals surface area contributed by atoms with Crippen molar-refractivity contribution < 1.29 is 4.74 Å². The van der Waals surface area contributed by atoms with Gasteiger partial charge in [-0.2, -0.15) is 0 Å². The zero-order chi connectivity index (χ0) is 13.2. The Morgan fingerprint density at radius 2 is 2.47 bits per heavy atom. The van der Waals surface area contributed by atoms with Crippen molar-refractivity contribution in [1.82, 2.24) is 14.5 Å². The summed E-state index contributed by atoms with van der Waals surface area (Å²) < 4.78 is 8.16. The molecule has 2 aliphatic rings. The lowest BCUT2D eigenvalue weighted by atomic mass is 10.1. The van der Waals surface area contributed by atoms with Crippen molar-refractivity contribution in [1.29, 1.82) is 0 Å². The van der Waals surface area contributed by atoms with E-state index >= 15 is 0 Å². The third kappa shape index (κ3) is 2.68. The van der Waals surface area contributed by atoms with E-state index in [1.54, 1.807) is 0 Å². The normalized spacial score (nSPS) is 29.4. The second-order valence-electron chi connectivity index (χ2n) is 5.73. The van der Waals surface area contributed by atoms with Crippen molar-refractivity contribution in [2.75, 3.05) is 19.7 Å². The van der Waals surface area contributed by atoms with Crippen LogP contribution in [0, 0.1) is 0 Å².